The van der Waals surface area contributed by atoms with Crippen LogP contribution in [0, 0.1) is 11.3 Å². The maximum atomic E-state index is 11.7. The van der Waals surface area contributed by atoms with Crippen LogP contribution in [-0.2, 0) is 6.54 Å². The van der Waals surface area contributed by atoms with E-state index in [4.69, 9.17) is 16.6 Å². The molecule has 0 bridgehead atoms. The van der Waals surface area contributed by atoms with Gasteiger partial charge in [-0.05, 0) is 23.8 Å². The number of thioether (sulfide) groups is 1. The normalized spacial score (nSPS) is 31.0. The second kappa shape index (κ2) is 7.22. The molecule has 2 aromatic rings. The first kappa shape index (κ1) is 19.0. The predicted molar refractivity (Wildman–Crippen MR) is 110 cm³/mol. The molecule has 1 aliphatic heterocycles. The Morgan fingerprint density at radius 1 is 1.33 bits per heavy atom. The van der Waals surface area contributed by atoms with Crippen LogP contribution in [0.2, 0.25) is 0 Å². The molecular formula is C20H25ClN4OS. The van der Waals surface area contributed by atoms with Gasteiger partial charge in [-0.25, -0.2) is 4.98 Å². The van der Waals surface area contributed by atoms with Crippen molar-refractivity contribution in [1.29, 1.82) is 0 Å². The minimum absolute atomic E-state index is 0.00587. The molecule has 2 heterocycles. The van der Waals surface area contributed by atoms with Gasteiger partial charge in [0.05, 0.1) is 28.6 Å². The van der Waals surface area contributed by atoms with E-state index in [1.165, 1.54) is 6.33 Å². The Hall–Kier alpha value is -1.37. The molecule has 7 heteroatoms. The van der Waals surface area contributed by atoms with E-state index in [0.717, 1.165) is 29.2 Å². The number of aromatic nitrogens is 3. The predicted octanol–water partition coefficient (Wildman–Crippen LogP) is 3.94. The van der Waals surface area contributed by atoms with Crippen LogP contribution >= 0.6 is 23.4 Å². The third-order valence-corrected chi connectivity index (χ3v) is 7.86. The lowest BCUT2D eigenvalue weighted by Gasteiger charge is -2.40. The summed E-state index contributed by atoms with van der Waals surface area (Å²) in [6.45, 7) is 4.70. The van der Waals surface area contributed by atoms with Gasteiger partial charge >= 0.3 is 0 Å². The van der Waals surface area contributed by atoms with Crippen LogP contribution in [-0.4, -0.2) is 42.3 Å². The van der Waals surface area contributed by atoms with Crippen LogP contribution in [0.4, 0.5) is 0 Å². The van der Waals surface area contributed by atoms with Crippen molar-refractivity contribution in [2.45, 2.75) is 50.3 Å². The summed E-state index contributed by atoms with van der Waals surface area (Å²) in [5.41, 5.74) is -0.0278. The fraction of sp³-hybridized carbons (Fsp3) is 0.550. The first-order valence-electron chi connectivity index (χ1n) is 9.35. The van der Waals surface area contributed by atoms with Crippen molar-refractivity contribution in [3.8, 4) is 0 Å². The lowest BCUT2D eigenvalue weighted by molar-refractivity contribution is -0.0741. The summed E-state index contributed by atoms with van der Waals surface area (Å²) < 4.78 is 1.73. The van der Waals surface area contributed by atoms with Gasteiger partial charge in [0.15, 0.2) is 0 Å². The Labute approximate surface area is 169 Å². The van der Waals surface area contributed by atoms with Gasteiger partial charge in [-0.3, -0.25) is 9.67 Å². The van der Waals surface area contributed by atoms with E-state index < -0.39 is 5.60 Å². The molecule has 1 aromatic heterocycles. The van der Waals surface area contributed by atoms with Crippen LogP contribution in [0.1, 0.15) is 37.6 Å². The van der Waals surface area contributed by atoms with Crippen LogP contribution in [0.15, 0.2) is 48.0 Å². The first-order valence-corrected chi connectivity index (χ1v) is 10.8. The third-order valence-electron chi connectivity index (χ3n) is 6.13. The molecule has 1 N–H and O–H groups in total. The average molecular weight is 405 g/mol. The zero-order valence-corrected chi connectivity index (χ0v) is 17.2. The van der Waals surface area contributed by atoms with E-state index in [9.17, 15) is 5.11 Å². The maximum Gasteiger partial charge on any atom is 0.137 e. The Balaban J connectivity index is 1.58. The quantitative estimate of drug-likeness (QED) is 0.766. The highest BCUT2D eigenvalue weighted by molar-refractivity contribution is 8.14. The van der Waals surface area contributed by atoms with Gasteiger partial charge in [0.1, 0.15) is 12.7 Å². The van der Waals surface area contributed by atoms with Gasteiger partial charge in [-0.15, -0.1) is 23.4 Å². The standard InChI is InChI=1S/C20H25ClN4OS/c1-19(2)9-8-15(20(19,26)11-25-13-22-12-23-25)18-24-16(10-27-18)17(21)14-6-4-3-5-7-14/h3-7,12-13,15-17,26H,8-11H2,1-2H3. The largest absolute Gasteiger partial charge is 0.387 e. The van der Waals surface area contributed by atoms with E-state index in [0.29, 0.717) is 6.54 Å². The monoisotopic (exact) mass is 404 g/mol. The van der Waals surface area contributed by atoms with Crippen LogP contribution in [0.25, 0.3) is 0 Å². The number of halogens is 1. The van der Waals surface area contributed by atoms with Crippen molar-refractivity contribution in [2.75, 3.05) is 5.75 Å². The third kappa shape index (κ3) is 3.43. The molecule has 0 saturated heterocycles. The number of alkyl halides is 1. The van der Waals surface area contributed by atoms with Crippen molar-refractivity contribution in [3.63, 3.8) is 0 Å². The molecule has 0 spiro atoms. The molecule has 4 unspecified atom stereocenters. The van der Waals surface area contributed by atoms with Crippen molar-refractivity contribution in [3.05, 3.63) is 48.5 Å². The Bertz CT molecular complexity index is 811. The highest BCUT2D eigenvalue weighted by Crippen LogP contribution is 2.53. The summed E-state index contributed by atoms with van der Waals surface area (Å²) >= 11 is 8.47. The minimum Gasteiger partial charge on any atom is -0.387 e. The summed E-state index contributed by atoms with van der Waals surface area (Å²) in [6.07, 6.45) is 5.06. The molecule has 2 aliphatic rings. The fourth-order valence-corrected chi connectivity index (χ4v) is 5.98. The number of aliphatic hydroxyl groups is 1. The SMILES string of the molecule is CC1(C)CCC(C2=NC(C(Cl)c3ccccc3)CS2)C1(O)Cn1cncn1. The Morgan fingerprint density at radius 2 is 2.11 bits per heavy atom. The van der Waals surface area contributed by atoms with Gasteiger partial charge in [-0.2, -0.15) is 5.10 Å². The smallest absolute Gasteiger partial charge is 0.137 e. The molecule has 144 valence electrons. The van der Waals surface area contributed by atoms with E-state index in [2.05, 4.69) is 36.1 Å². The molecule has 4 atom stereocenters. The number of rotatable bonds is 5. The molecule has 1 aliphatic carbocycles. The molecule has 4 rings (SSSR count). The zero-order valence-electron chi connectivity index (χ0n) is 15.6. The molecule has 0 radical (unpaired) electrons. The molecule has 1 fully saturated rings. The van der Waals surface area contributed by atoms with E-state index >= 15 is 0 Å². The molecule has 0 amide bonds. The van der Waals surface area contributed by atoms with Crippen molar-refractivity contribution >= 4 is 28.4 Å². The summed E-state index contributed by atoms with van der Waals surface area (Å²) in [5, 5.41) is 16.8. The number of benzene rings is 1. The number of aliphatic imine (C=N–C) groups is 1. The molecular weight excluding hydrogens is 380 g/mol. The maximum absolute atomic E-state index is 11.7. The van der Waals surface area contributed by atoms with Crippen LogP contribution < -0.4 is 0 Å². The highest BCUT2D eigenvalue weighted by Gasteiger charge is 2.57. The Kier molecular flexibility index (Phi) is 5.08. The highest BCUT2D eigenvalue weighted by atomic mass is 35.5. The lowest BCUT2D eigenvalue weighted by atomic mass is 9.74. The van der Waals surface area contributed by atoms with E-state index in [-0.39, 0.29) is 22.8 Å². The summed E-state index contributed by atoms with van der Waals surface area (Å²) in [5.74, 6) is 0.862. The van der Waals surface area contributed by atoms with E-state index in [1.807, 2.05) is 18.2 Å². The first-order chi connectivity index (χ1) is 12.9. The van der Waals surface area contributed by atoms with Crippen LogP contribution in [0.3, 0.4) is 0 Å². The van der Waals surface area contributed by atoms with E-state index in [1.54, 1.807) is 22.8 Å². The summed E-state index contributed by atoms with van der Waals surface area (Å²) in [4.78, 5) is 9.00. The Morgan fingerprint density at radius 3 is 2.81 bits per heavy atom. The van der Waals surface area contributed by atoms with Crippen molar-refractivity contribution < 1.29 is 5.11 Å². The summed E-state index contributed by atoms with van der Waals surface area (Å²) in [6, 6.07) is 10.1. The molecule has 1 aromatic carbocycles. The summed E-state index contributed by atoms with van der Waals surface area (Å²) in [7, 11) is 0. The molecule has 5 nitrogen and oxygen atoms in total. The van der Waals surface area contributed by atoms with Gasteiger partial charge in [0, 0.05) is 11.7 Å². The molecule has 1 saturated carbocycles. The molecule has 27 heavy (non-hydrogen) atoms. The van der Waals surface area contributed by atoms with Crippen molar-refractivity contribution in [2.24, 2.45) is 16.3 Å². The number of hydrogen-bond donors (Lipinski definition) is 1. The average Bonchev–Trinajstić information content (AvgIpc) is 3.37. The second-order valence-corrected chi connectivity index (χ2v) is 9.66. The topological polar surface area (TPSA) is 63.3 Å². The fourth-order valence-electron chi connectivity index (χ4n) is 4.25. The number of nitrogens with zero attached hydrogens (tertiary/aromatic N) is 4. The van der Waals surface area contributed by atoms with Gasteiger partial charge in [0.2, 0.25) is 0 Å². The van der Waals surface area contributed by atoms with Gasteiger partial charge < -0.3 is 5.11 Å². The zero-order chi connectivity index (χ0) is 19.1. The lowest BCUT2D eigenvalue weighted by Crippen LogP contribution is -2.50. The van der Waals surface area contributed by atoms with Gasteiger partial charge in [0.25, 0.3) is 0 Å². The van der Waals surface area contributed by atoms with Gasteiger partial charge in [-0.1, -0.05) is 44.2 Å². The van der Waals surface area contributed by atoms with Crippen molar-refractivity contribution in [1.82, 2.24) is 14.8 Å². The number of hydrogen-bond acceptors (Lipinski definition) is 5. The second-order valence-electron chi connectivity index (χ2n) is 8.15. The van der Waals surface area contributed by atoms with Crippen LogP contribution in [0.5, 0.6) is 0 Å². The minimum atomic E-state index is -0.907.